The Morgan fingerprint density at radius 2 is 1.83 bits per heavy atom. The van der Waals surface area contributed by atoms with Gasteiger partial charge in [-0.2, -0.15) is 0 Å². The number of carboxylic acids is 1. The van der Waals surface area contributed by atoms with E-state index in [-0.39, 0.29) is 50.7 Å². The molecule has 0 heterocycles. The second kappa shape index (κ2) is 6.11. The van der Waals surface area contributed by atoms with Crippen molar-refractivity contribution in [1.29, 1.82) is 0 Å². The summed E-state index contributed by atoms with van der Waals surface area (Å²) >= 11 is 0. The molecule has 57 valence electrons. The van der Waals surface area contributed by atoms with Crippen molar-refractivity contribution in [1.82, 2.24) is 0 Å². The van der Waals surface area contributed by atoms with Crippen LogP contribution in [0.25, 0.3) is 0 Å². The minimum Gasteiger partial charge on any atom is -1.00 e. The molecule has 0 aliphatic rings. The molecule has 0 atom stereocenters. The van der Waals surface area contributed by atoms with Gasteiger partial charge in [0.05, 0.1) is 0 Å². The average molecular weight is 173 g/mol. The van der Waals surface area contributed by atoms with Crippen LogP contribution in [-0.4, -0.2) is 24.6 Å². The molecule has 5 heteroatoms. The molecular weight excluding hydrogens is 166 g/mol. The molecule has 0 aliphatic heterocycles. The Balaban J connectivity index is -0.000000333. The Bertz CT molecular complexity index is 270. The molecule has 12 heavy (non-hydrogen) atoms. The van der Waals surface area contributed by atoms with E-state index >= 15 is 0 Å². The van der Waals surface area contributed by atoms with Gasteiger partial charge in [-0.05, 0) is 12.1 Å². The van der Waals surface area contributed by atoms with Crippen molar-refractivity contribution in [2.24, 2.45) is 0 Å². The van der Waals surface area contributed by atoms with Gasteiger partial charge in [-0.3, -0.25) is 0 Å². The molecule has 2 N–H and O–H groups in total. The van der Waals surface area contributed by atoms with Crippen molar-refractivity contribution in [2.45, 2.75) is 0 Å². The van der Waals surface area contributed by atoms with Crippen molar-refractivity contribution in [3.8, 4) is 5.75 Å². The van der Waals surface area contributed by atoms with Crippen LogP contribution in [0.1, 0.15) is 11.8 Å². The summed E-state index contributed by atoms with van der Waals surface area (Å²) in [7, 11) is 0. The van der Waals surface area contributed by atoms with Crippen molar-refractivity contribution >= 4 is 14.4 Å². The minimum absolute atomic E-state index is 0. The van der Waals surface area contributed by atoms with E-state index in [1.165, 1.54) is 12.1 Å². The number of carbonyl (C=O) groups is 1. The largest absolute Gasteiger partial charge is 1.00 e. The molecule has 0 saturated heterocycles. The van der Waals surface area contributed by atoms with E-state index in [4.69, 9.17) is 10.2 Å². The van der Waals surface area contributed by atoms with Gasteiger partial charge >= 0.3 is 35.5 Å². The van der Waals surface area contributed by atoms with Gasteiger partial charge in [0.15, 0.2) is 0 Å². The molecule has 0 amide bonds. The van der Waals surface area contributed by atoms with Crippen LogP contribution in [0, 0.1) is 0 Å². The van der Waals surface area contributed by atoms with Gasteiger partial charge in [0.1, 0.15) is 11.3 Å². The number of phenols is 1. The van der Waals surface area contributed by atoms with Gasteiger partial charge in [-0.15, -0.1) is 0 Å². The monoisotopic (exact) mass is 173 g/mol. The van der Waals surface area contributed by atoms with E-state index in [9.17, 15) is 4.79 Å². The zero-order chi connectivity index (χ0) is 7.56. The Hall–Kier alpha value is -0.445. The molecule has 1 aromatic rings. The first kappa shape index (κ1) is 14.1. The Morgan fingerprint density at radius 1 is 1.33 bits per heavy atom. The molecule has 0 aliphatic carbocycles. The van der Waals surface area contributed by atoms with E-state index in [1.807, 2.05) is 0 Å². The molecule has 0 saturated carbocycles. The zero-order valence-corrected chi connectivity index (χ0v) is 8.69. The van der Waals surface area contributed by atoms with Gasteiger partial charge in [0.2, 0.25) is 0 Å². The summed E-state index contributed by atoms with van der Waals surface area (Å²) in [6.45, 7) is 0. The topological polar surface area (TPSA) is 57.5 Å². The molecule has 3 nitrogen and oxygen atoms in total. The van der Waals surface area contributed by atoms with E-state index < -0.39 is 5.97 Å². The summed E-state index contributed by atoms with van der Waals surface area (Å²) in [6.07, 6.45) is 0. The van der Waals surface area contributed by atoms with E-state index in [2.05, 4.69) is 0 Å². The third kappa shape index (κ3) is 3.30. The maximum absolute atomic E-state index is 10.3. The number of para-hydroxylation sites is 1. The first-order chi connectivity index (χ1) is 4.72. The zero-order valence-electron chi connectivity index (χ0n) is 7.69. The van der Waals surface area contributed by atoms with Crippen LogP contribution < -0.4 is 29.6 Å². The first-order valence-corrected chi connectivity index (χ1v) is 2.73. The maximum Gasteiger partial charge on any atom is 1.00 e. The third-order valence-electron chi connectivity index (χ3n) is 1.13. The molecule has 0 spiro atoms. The summed E-state index contributed by atoms with van der Waals surface area (Å²) < 4.78 is 0. The number of aromatic carboxylic acids is 1. The molecule has 3 radical (unpaired) electrons. The van der Waals surface area contributed by atoms with Crippen LogP contribution in [-0.2, 0) is 0 Å². The smallest absolute Gasteiger partial charge is 1.00 e. The molecule has 0 unspecified atom stereocenters. The summed E-state index contributed by atoms with van der Waals surface area (Å²) in [5.41, 5.74) is -0.0671. The third-order valence-corrected chi connectivity index (χ3v) is 1.13. The van der Waals surface area contributed by atoms with Gasteiger partial charge < -0.3 is 11.6 Å². The van der Waals surface area contributed by atoms with E-state index in [1.54, 1.807) is 12.1 Å². The number of aromatic hydroxyl groups is 1. The minimum atomic E-state index is -1.11. The van der Waals surface area contributed by atoms with Crippen molar-refractivity contribution in [3.05, 3.63) is 29.8 Å². The standard InChI is InChI=1S/C7H6O3.B.Na.H/c8-6-4-2-1-3-5(6)7(9)10;;;/h1-4,8H,(H,9,10);;;/q;;+1;-1. The van der Waals surface area contributed by atoms with Crippen LogP contribution in [0.15, 0.2) is 24.3 Å². The van der Waals surface area contributed by atoms with Gasteiger partial charge in [-0.25, -0.2) is 4.79 Å². The molecule has 1 rings (SSSR count). The number of rotatable bonds is 1. The van der Waals surface area contributed by atoms with E-state index in [0.717, 1.165) is 0 Å². The second-order valence-corrected chi connectivity index (χ2v) is 1.82. The Kier molecular flexibility index (Phi) is 7.18. The fourth-order valence-corrected chi connectivity index (χ4v) is 0.654. The normalized spacial score (nSPS) is 7.67. The molecule has 0 aromatic heterocycles. The Labute approximate surface area is 95.8 Å². The average Bonchev–Trinajstić information content (AvgIpc) is 1.88. The first-order valence-electron chi connectivity index (χ1n) is 2.73. The van der Waals surface area contributed by atoms with Gasteiger partial charge in [-0.1, -0.05) is 12.1 Å². The van der Waals surface area contributed by atoms with Crippen molar-refractivity contribution < 1.29 is 46.0 Å². The number of hydrogen-bond acceptors (Lipinski definition) is 2. The van der Waals surface area contributed by atoms with Crippen LogP contribution in [0.3, 0.4) is 0 Å². The van der Waals surface area contributed by atoms with Crippen LogP contribution in [0.2, 0.25) is 0 Å². The maximum atomic E-state index is 10.3. The van der Waals surface area contributed by atoms with Crippen LogP contribution in [0.4, 0.5) is 0 Å². The van der Waals surface area contributed by atoms with Crippen LogP contribution >= 0.6 is 0 Å². The SMILES string of the molecule is O=C(O)c1ccccc1O.[B].[H-].[Na+]. The van der Waals surface area contributed by atoms with Gasteiger partial charge in [0, 0.05) is 8.41 Å². The van der Waals surface area contributed by atoms with E-state index in [0.29, 0.717) is 0 Å². The molecule has 1 aromatic carbocycles. The number of benzene rings is 1. The van der Waals surface area contributed by atoms with Gasteiger partial charge in [0.25, 0.3) is 0 Å². The number of carboxylic acid groups (broad SMARTS) is 1. The Morgan fingerprint density at radius 3 is 2.17 bits per heavy atom. The second-order valence-electron chi connectivity index (χ2n) is 1.82. The number of hydrogen-bond donors (Lipinski definition) is 2. The summed E-state index contributed by atoms with van der Waals surface area (Å²) in [5, 5.41) is 17.3. The summed E-state index contributed by atoms with van der Waals surface area (Å²) in [5.74, 6) is -1.31. The summed E-state index contributed by atoms with van der Waals surface area (Å²) in [4.78, 5) is 10.3. The quantitative estimate of drug-likeness (QED) is 0.475. The predicted molar refractivity (Wildman–Crippen MR) is 41.9 cm³/mol. The van der Waals surface area contributed by atoms with Crippen LogP contribution in [0.5, 0.6) is 5.75 Å². The molecular formula is C7H7BNaO3. The fraction of sp³-hybridized carbons (Fsp3) is 0. The molecule has 0 fully saturated rings. The van der Waals surface area contributed by atoms with Crippen molar-refractivity contribution in [2.75, 3.05) is 0 Å². The predicted octanol–water partition coefficient (Wildman–Crippen LogP) is -2.17. The summed E-state index contributed by atoms with van der Waals surface area (Å²) in [6, 6.07) is 5.81. The van der Waals surface area contributed by atoms with Crippen molar-refractivity contribution in [3.63, 3.8) is 0 Å². The molecule has 0 bridgehead atoms. The fourth-order valence-electron chi connectivity index (χ4n) is 0.654.